The van der Waals surface area contributed by atoms with E-state index < -0.39 is 35.1 Å². The highest BCUT2D eigenvalue weighted by Gasteiger charge is 2.78. The van der Waals surface area contributed by atoms with Crippen LogP contribution in [0, 0.1) is 0 Å². The van der Waals surface area contributed by atoms with E-state index in [0.29, 0.717) is 6.07 Å². The molecule has 0 aliphatic carbocycles. The lowest BCUT2D eigenvalue weighted by molar-refractivity contribution is -0.487. The molecule has 1 aromatic heterocycles. The summed E-state index contributed by atoms with van der Waals surface area (Å²) in [5, 5.41) is -0.0896. The molecule has 1 heterocycles. The highest BCUT2D eigenvalue weighted by Crippen LogP contribution is 2.55. The van der Waals surface area contributed by atoms with Crippen LogP contribution in [0.3, 0.4) is 0 Å². The van der Waals surface area contributed by atoms with Gasteiger partial charge in [0.1, 0.15) is 0 Å². The summed E-state index contributed by atoms with van der Waals surface area (Å²) in [6.45, 7) is 0. The Balaban J connectivity index is 2.58. The molecule has 0 saturated heterocycles. The maximum Gasteiger partial charge on any atom is 0.462 e. The van der Waals surface area contributed by atoms with Crippen LogP contribution in [0.2, 0.25) is 0 Å². The zero-order chi connectivity index (χ0) is 20.2. The molecule has 1 nitrogen and oxygen atoms in total. The van der Waals surface area contributed by atoms with Crippen LogP contribution in [0.15, 0.2) is 30.3 Å². The fraction of sp³-hybridized carbons (Fsp3) is 0.385. The molecule has 1 atom stereocenters. The molecular weight excluding hydrogens is 413 g/mol. The van der Waals surface area contributed by atoms with E-state index in [2.05, 4.69) is 4.74 Å². The van der Waals surface area contributed by atoms with Crippen molar-refractivity contribution in [1.82, 2.24) is 0 Å². The minimum atomic E-state index is -7.07. The molecular formula is C13H5F11OS. The molecule has 1 unspecified atom stereocenters. The van der Waals surface area contributed by atoms with Crippen molar-refractivity contribution in [3.8, 4) is 0 Å². The highest BCUT2D eigenvalue weighted by atomic mass is 32.1. The van der Waals surface area contributed by atoms with Gasteiger partial charge in [0.2, 0.25) is 0 Å². The second kappa shape index (κ2) is 5.94. The summed E-state index contributed by atoms with van der Waals surface area (Å²) in [4.78, 5) is -1.66. The average molecular weight is 418 g/mol. The van der Waals surface area contributed by atoms with E-state index in [1.165, 1.54) is 12.1 Å². The van der Waals surface area contributed by atoms with Gasteiger partial charge in [0, 0.05) is 4.70 Å². The van der Waals surface area contributed by atoms with Crippen LogP contribution in [-0.4, -0.2) is 24.4 Å². The quantitative estimate of drug-likeness (QED) is 0.523. The molecule has 0 N–H and O–H groups in total. The maximum absolute atomic E-state index is 14.4. The van der Waals surface area contributed by atoms with Gasteiger partial charge in [-0.3, -0.25) is 4.74 Å². The number of rotatable bonds is 4. The summed E-state index contributed by atoms with van der Waals surface area (Å²) in [5.41, 5.74) is 0. The molecule has 2 rings (SSSR count). The van der Waals surface area contributed by atoms with Crippen LogP contribution in [0.25, 0.3) is 10.1 Å². The van der Waals surface area contributed by atoms with Crippen molar-refractivity contribution in [3.05, 3.63) is 35.2 Å². The number of hydrogen-bond donors (Lipinski definition) is 0. The summed E-state index contributed by atoms with van der Waals surface area (Å²) in [7, 11) is 0. The Bertz CT molecular complexity index is 758. The van der Waals surface area contributed by atoms with Crippen molar-refractivity contribution in [2.24, 2.45) is 0 Å². The molecule has 0 spiro atoms. The Labute approximate surface area is 141 Å². The van der Waals surface area contributed by atoms with Gasteiger partial charge >= 0.3 is 30.2 Å². The minimum absolute atomic E-state index is 0.0664. The van der Waals surface area contributed by atoms with Crippen molar-refractivity contribution < 1.29 is 53.0 Å². The second-order valence-corrected chi connectivity index (χ2v) is 6.02. The van der Waals surface area contributed by atoms with Crippen LogP contribution in [0.4, 0.5) is 48.3 Å². The largest absolute Gasteiger partial charge is 0.462 e. The van der Waals surface area contributed by atoms with E-state index in [9.17, 15) is 48.3 Å². The molecule has 0 saturated carbocycles. The van der Waals surface area contributed by atoms with E-state index >= 15 is 0 Å². The first-order valence-corrected chi connectivity index (χ1v) is 7.12. The van der Waals surface area contributed by atoms with Gasteiger partial charge in [-0.15, -0.1) is 11.3 Å². The minimum Gasteiger partial charge on any atom is -0.265 e. The van der Waals surface area contributed by atoms with Crippen molar-refractivity contribution in [1.29, 1.82) is 0 Å². The molecule has 2 aromatic rings. The third-order valence-electron chi connectivity index (χ3n) is 3.10. The monoisotopic (exact) mass is 418 g/mol. The average Bonchev–Trinajstić information content (AvgIpc) is 2.88. The van der Waals surface area contributed by atoms with Crippen molar-refractivity contribution in [2.45, 2.75) is 30.2 Å². The van der Waals surface area contributed by atoms with Gasteiger partial charge in [-0.2, -0.15) is 48.3 Å². The molecule has 26 heavy (non-hydrogen) atoms. The molecule has 0 aliphatic heterocycles. The topological polar surface area (TPSA) is 9.23 Å². The Morgan fingerprint density at radius 3 is 1.73 bits per heavy atom. The number of ether oxygens (including phenoxy) is 1. The van der Waals surface area contributed by atoms with Gasteiger partial charge in [0.15, 0.2) is 0 Å². The molecule has 0 amide bonds. The highest BCUT2D eigenvalue weighted by molar-refractivity contribution is 7.19. The second-order valence-electron chi connectivity index (χ2n) is 4.93. The Hall–Kier alpha value is -1.63. The normalized spacial score (nSPS) is 16.7. The van der Waals surface area contributed by atoms with Gasteiger partial charge in [-0.05, 0) is 17.5 Å². The van der Waals surface area contributed by atoms with Crippen molar-refractivity contribution in [2.75, 3.05) is 0 Å². The lowest BCUT2D eigenvalue weighted by Gasteiger charge is -2.34. The Morgan fingerprint density at radius 2 is 1.27 bits per heavy atom. The number of alkyl halides is 11. The van der Waals surface area contributed by atoms with Crippen LogP contribution >= 0.6 is 11.3 Å². The summed E-state index contributed by atoms with van der Waals surface area (Å²) in [6.07, 6.45) is -20.2. The molecule has 146 valence electrons. The number of hydrogen-bond acceptors (Lipinski definition) is 2. The smallest absolute Gasteiger partial charge is 0.265 e. The first-order chi connectivity index (χ1) is 11.5. The maximum atomic E-state index is 14.4. The standard InChI is InChI=1S/C13H5F11OS/c14-9(11(17,18)19,8-5-6-3-1-2-4-7(6)26-8)25-13(23,24)10(15,16)12(20,21)22/h1-5H. The van der Waals surface area contributed by atoms with Crippen LogP contribution in [0.1, 0.15) is 4.88 Å². The summed E-state index contributed by atoms with van der Waals surface area (Å²) in [6, 6.07) is 5.26. The van der Waals surface area contributed by atoms with Gasteiger partial charge in [0.05, 0.1) is 4.88 Å². The van der Waals surface area contributed by atoms with Crippen LogP contribution in [0.5, 0.6) is 0 Å². The van der Waals surface area contributed by atoms with Gasteiger partial charge in [-0.1, -0.05) is 18.2 Å². The predicted octanol–water partition coefficient (Wildman–Crippen LogP) is 6.39. The third-order valence-corrected chi connectivity index (χ3v) is 4.29. The molecule has 0 radical (unpaired) electrons. The first kappa shape index (κ1) is 20.7. The molecule has 0 bridgehead atoms. The molecule has 13 heteroatoms. The zero-order valence-electron chi connectivity index (χ0n) is 11.9. The Kier molecular flexibility index (Phi) is 4.72. The fourth-order valence-electron chi connectivity index (χ4n) is 1.79. The zero-order valence-corrected chi connectivity index (χ0v) is 12.7. The number of fused-ring (bicyclic) bond motifs is 1. The third kappa shape index (κ3) is 3.21. The van der Waals surface area contributed by atoms with E-state index in [-0.39, 0.29) is 21.4 Å². The van der Waals surface area contributed by atoms with Crippen molar-refractivity contribution in [3.63, 3.8) is 0 Å². The van der Waals surface area contributed by atoms with Gasteiger partial charge in [0.25, 0.3) is 0 Å². The first-order valence-electron chi connectivity index (χ1n) is 6.30. The van der Waals surface area contributed by atoms with E-state index in [1.807, 2.05) is 0 Å². The summed E-state index contributed by atoms with van der Waals surface area (Å²) in [5.74, 6) is -12.7. The van der Waals surface area contributed by atoms with Gasteiger partial charge < -0.3 is 0 Å². The Morgan fingerprint density at radius 1 is 0.731 bits per heavy atom. The lowest BCUT2D eigenvalue weighted by Crippen LogP contribution is -2.58. The molecule has 0 fully saturated rings. The van der Waals surface area contributed by atoms with E-state index in [4.69, 9.17) is 0 Å². The number of thiophene rings is 1. The van der Waals surface area contributed by atoms with E-state index in [1.54, 1.807) is 0 Å². The number of benzene rings is 1. The SMILES string of the molecule is FC(F)(F)C(F)(OC(F)(F)C(F)(F)C(F)(F)F)c1cc2ccccc2s1. The van der Waals surface area contributed by atoms with E-state index in [0.717, 1.165) is 12.1 Å². The summed E-state index contributed by atoms with van der Waals surface area (Å²) >= 11 is -0.0896. The van der Waals surface area contributed by atoms with Crippen LogP contribution < -0.4 is 0 Å². The molecule has 1 aromatic carbocycles. The van der Waals surface area contributed by atoms with Crippen molar-refractivity contribution >= 4 is 21.4 Å². The number of halogens is 11. The predicted molar refractivity (Wildman–Crippen MR) is 67.7 cm³/mol. The van der Waals surface area contributed by atoms with Crippen LogP contribution in [-0.2, 0) is 10.6 Å². The lowest BCUT2D eigenvalue weighted by atomic mass is 10.2. The van der Waals surface area contributed by atoms with Gasteiger partial charge in [-0.25, -0.2) is 0 Å². The molecule has 0 aliphatic rings. The fourth-order valence-corrected chi connectivity index (χ4v) is 2.90. The summed E-state index contributed by atoms with van der Waals surface area (Å²) < 4.78 is 144.